The highest BCUT2D eigenvalue weighted by atomic mass is 16.6. The first-order valence-electron chi connectivity index (χ1n) is 12.5. The van der Waals surface area contributed by atoms with Gasteiger partial charge < -0.3 is 38.6 Å². The molecule has 2 unspecified atom stereocenters. The van der Waals surface area contributed by atoms with E-state index in [-0.39, 0.29) is 17.6 Å². The Morgan fingerprint density at radius 2 is 1.32 bits per heavy atom. The molecule has 3 aliphatic rings. The van der Waals surface area contributed by atoms with Crippen molar-refractivity contribution in [2.24, 2.45) is 0 Å². The van der Waals surface area contributed by atoms with Crippen molar-refractivity contribution >= 4 is 11.9 Å². The number of phenolic OH excluding ortho intramolecular Hbond substituents is 1. The molecule has 0 bridgehead atoms. The molecule has 0 radical (unpaired) electrons. The zero-order chi connectivity index (χ0) is 27.7. The van der Waals surface area contributed by atoms with Gasteiger partial charge in [0.1, 0.15) is 6.10 Å². The lowest BCUT2D eigenvalue weighted by atomic mass is 10.2. The Balaban J connectivity index is 0.000000179. The van der Waals surface area contributed by atoms with Crippen molar-refractivity contribution in [3.05, 3.63) is 47.5 Å². The van der Waals surface area contributed by atoms with Crippen LogP contribution in [-0.4, -0.2) is 75.0 Å². The molecule has 208 valence electrons. The van der Waals surface area contributed by atoms with Gasteiger partial charge in [-0.05, 0) is 74.9 Å². The Morgan fingerprint density at radius 3 is 1.76 bits per heavy atom. The standard InChI is InChI=1S/C14H18O5.C9H10O4.C5H8O/c1-17-13-8-9(14(16)18-2)6-7-12(13)19-11-5-3-4-10(11)15;1-12-8-5-6(9(11)13-2)3-4-7(8)10;1-2-4-5(3-1)6-4/h6-8,10-11,15H,3-5H2,1-2H3;3-5,10H,1-2H3;4-5H,1-3H2/t10-,11-;;/m1../s1. The summed E-state index contributed by atoms with van der Waals surface area (Å²) in [5, 5.41) is 19.0. The van der Waals surface area contributed by atoms with E-state index in [1.54, 1.807) is 18.2 Å². The molecule has 38 heavy (non-hydrogen) atoms. The number of carbonyl (C=O) groups is 2. The molecule has 2 saturated carbocycles. The van der Waals surface area contributed by atoms with Gasteiger partial charge in [0.15, 0.2) is 23.0 Å². The molecule has 2 aromatic rings. The summed E-state index contributed by atoms with van der Waals surface area (Å²) in [6.45, 7) is 0. The third kappa shape index (κ3) is 7.75. The second kappa shape index (κ2) is 13.9. The van der Waals surface area contributed by atoms with Crippen LogP contribution in [0.4, 0.5) is 0 Å². The Morgan fingerprint density at radius 1 is 0.763 bits per heavy atom. The molecule has 4 atom stereocenters. The minimum Gasteiger partial charge on any atom is -0.504 e. The van der Waals surface area contributed by atoms with Gasteiger partial charge in [-0.25, -0.2) is 9.59 Å². The van der Waals surface area contributed by atoms with Crippen molar-refractivity contribution in [2.45, 2.75) is 62.9 Å². The lowest BCUT2D eigenvalue weighted by Gasteiger charge is -2.19. The summed E-state index contributed by atoms with van der Waals surface area (Å²) in [6, 6.07) is 9.11. The molecule has 2 aromatic carbocycles. The fraction of sp³-hybridized carbons (Fsp3) is 0.500. The van der Waals surface area contributed by atoms with Crippen molar-refractivity contribution < 1.29 is 48.2 Å². The lowest BCUT2D eigenvalue weighted by molar-refractivity contribution is 0.0576. The Kier molecular flexibility index (Phi) is 10.6. The van der Waals surface area contributed by atoms with E-state index in [4.69, 9.17) is 18.9 Å². The van der Waals surface area contributed by atoms with Crippen LogP contribution in [-0.2, 0) is 14.2 Å². The highest BCUT2D eigenvalue weighted by Crippen LogP contribution is 2.37. The molecule has 0 amide bonds. The van der Waals surface area contributed by atoms with E-state index in [1.165, 1.54) is 65.9 Å². The summed E-state index contributed by atoms with van der Waals surface area (Å²) >= 11 is 0. The molecule has 10 nitrogen and oxygen atoms in total. The van der Waals surface area contributed by atoms with Crippen molar-refractivity contribution in [3.63, 3.8) is 0 Å². The number of epoxide rings is 1. The maximum atomic E-state index is 11.4. The average Bonchev–Trinajstić information content (AvgIpc) is 3.32. The van der Waals surface area contributed by atoms with Crippen LogP contribution in [0.5, 0.6) is 23.0 Å². The number of hydrogen-bond acceptors (Lipinski definition) is 10. The molecule has 2 aliphatic carbocycles. The Labute approximate surface area is 222 Å². The van der Waals surface area contributed by atoms with Gasteiger partial charge in [-0.3, -0.25) is 0 Å². The number of rotatable bonds is 6. The van der Waals surface area contributed by atoms with Gasteiger partial charge in [-0.15, -0.1) is 0 Å². The fourth-order valence-electron chi connectivity index (χ4n) is 4.35. The van der Waals surface area contributed by atoms with E-state index in [0.29, 0.717) is 34.8 Å². The van der Waals surface area contributed by atoms with Gasteiger partial charge in [-0.1, -0.05) is 0 Å². The number of methoxy groups -OCH3 is 4. The number of aliphatic hydroxyl groups is 1. The SMILES string of the molecule is C1CC2OC2C1.COC(=O)c1ccc(O)c(OC)c1.COC(=O)c1ccc(O[C@@H]2CCC[C@H]2O)c(OC)c1. The van der Waals surface area contributed by atoms with Crippen LogP contribution in [0, 0.1) is 0 Å². The first kappa shape index (κ1) is 29.1. The lowest BCUT2D eigenvalue weighted by Crippen LogP contribution is -2.25. The zero-order valence-electron chi connectivity index (χ0n) is 22.2. The first-order chi connectivity index (χ1) is 18.3. The van der Waals surface area contributed by atoms with Gasteiger partial charge in [0.05, 0.1) is 57.9 Å². The van der Waals surface area contributed by atoms with Gasteiger partial charge in [0, 0.05) is 0 Å². The molecular weight excluding hydrogens is 496 g/mol. The quantitative estimate of drug-likeness (QED) is 0.417. The van der Waals surface area contributed by atoms with Crippen LogP contribution >= 0.6 is 0 Å². The Bertz CT molecular complexity index is 1080. The van der Waals surface area contributed by atoms with E-state index in [2.05, 4.69) is 9.47 Å². The molecule has 2 N–H and O–H groups in total. The van der Waals surface area contributed by atoms with Gasteiger partial charge in [-0.2, -0.15) is 0 Å². The summed E-state index contributed by atoms with van der Waals surface area (Å²) in [5.74, 6) is 0.352. The summed E-state index contributed by atoms with van der Waals surface area (Å²) in [5.41, 5.74) is 0.746. The minimum absolute atomic E-state index is 0.00449. The van der Waals surface area contributed by atoms with E-state index in [1.807, 2.05) is 0 Å². The number of esters is 2. The van der Waals surface area contributed by atoms with E-state index in [9.17, 15) is 19.8 Å². The van der Waals surface area contributed by atoms with Crippen molar-refractivity contribution in [2.75, 3.05) is 28.4 Å². The number of aliphatic hydroxyl groups excluding tert-OH is 1. The predicted molar refractivity (Wildman–Crippen MR) is 137 cm³/mol. The van der Waals surface area contributed by atoms with Crippen LogP contribution in [0.25, 0.3) is 0 Å². The number of fused-ring (bicyclic) bond motifs is 1. The molecule has 10 heteroatoms. The van der Waals surface area contributed by atoms with Crippen LogP contribution < -0.4 is 14.2 Å². The second-order valence-corrected chi connectivity index (χ2v) is 9.03. The number of hydrogen-bond donors (Lipinski definition) is 2. The summed E-state index contributed by atoms with van der Waals surface area (Å²) in [4.78, 5) is 22.5. The van der Waals surface area contributed by atoms with Crippen molar-refractivity contribution in [3.8, 4) is 23.0 Å². The van der Waals surface area contributed by atoms with Crippen molar-refractivity contribution in [1.82, 2.24) is 0 Å². The third-order valence-corrected chi connectivity index (χ3v) is 6.55. The highest BCUT2D eigenvalue weighted by molar-refractivity contribution is 5.90. The number of aromatic hydroxyl groups is 1. The minimum atomic E-state index is -0.460. The average molecular weight is 533 g/mol. The monoisotopic (exact) mass is 532 g/mol. The smallest absolute Gasteiger partial charge is 0.337 e. The molecule has 1 saturated heterocycles. The summed E-state index contributed by atoms with van der Waals surface area (Å²) in [7, 11) is 5.54. The number of phenols is 1. The van der Waals surface area contributed by atoms with Gasteiger partial charge in [0.25, 0.3) is 0 Å². The summed E-state index contributed by atoms with van der Waals surface area (Å²) in [6.07, 6.45) is 7.40. The van der Waals surface area contributed by atoms with E-state index < -0.39 is 18.0 Å². The van der Waals surface area contributed by atoms with Crippen LogP contribution in [0.3, 0.4) is 0 Å². The Hall–Kier alpha value is -3.50. The van der Waals surface area contributed by atoms with Gasteiger partial charge >= 0.3 is 11.9 Å². The molecular formula is C28H36O10. The zero-order valence-corrected chi connectivity index (χ0v) is 22.2. The topological polar surface area (TPSA) is 133 Å². The van der Waals surface area contributed by atoms with Crippen LogP contribution in [0.15, 0.2) is 36.4 Å². The second-order valence-electron chi connectivity index (χ2n) is 9.03. The molecule has 0 spiro atoms. The molecule has 5 rings (SSSR count). The normalized spacial score (nSPS) is 22.4. The highest BCUT2D eigenvalue weighted by Gasteiger charge is 2.42. The summed E-state index contributed by atoms with van der Waals surface area (Å²) < 4.78 is 30.1. The number of ether oxygens (including phenoxy) is 6. The number of benzene rings is 2. The molecule has 1 aliphatic heterocycles. The van der Waals surface area contributed by atoms with Crippen LogP contribution in [0.1, 0.15) is 59.2 Å². The van der Waals surface area contributed by atoms with E-state index >= 15 is 0 Å². The maximum Gasteiger partial charge on any atom is 0.337 e. The maximum absolute atomic E-state index is 11.4. The molecule has 1 heterocycles. The van der Waals surface area contributed by atoms with Gasteiger partial charge in [0.2, 0.25) is 0 Å². The molecule has 0 aromatic heterocycles. The number of carbonyl (C=O) groups excluding carboxylic acids is 2. The van der Waals surface area contributed by atoms with E-state index in [0.717, 1.165) is 19.3 Å². The predicted octanol–water partition coefficient (Wildman–Crippen LogP) is 3.90. The third-order valence-electron chi connectivity index (χ3n) is 6.55. The fourth-order valence-corrected chi connectivity index (χ4v) is 4.35. The van der Waals surface area contributed by atoms with Crippen LogP contribution in [0.2, 0.25) is 0 Å². The molecule has 3 fully saturated rings. The van der Waals surface area contributed by atoms with Crippen molar-refractivity contribution in [1.29, 1.82) is 0 Å². The largest absolute Gasteiger partial charge is 0.504 e. The first-order valence-corrected chi connectivity index (χ1v) is 12.5.